The average Bonchev–Trinajstić information content (AvgIpc) is 3.38. The average molecular weight is 453 g/mol. The molecule has 10 heteroatoms. The maximum atomic E-state index is 13.3. The molecular formula is C20H28N4O4S2. The Hall–Kier alpha value is -1.59. The van der Waals surface area contributed by atoms with Gasteiger partial charge in [-0.2, -0.15) is 0 Å². The van der Waals surface area contributed by atoms with Gasteiger partial charge in [0.1, 0.15) is 25.1 Å². The molecular weight excluding hydrogens is 424 g/mol. The highest BCUT2D eigenvalue weighted by Gasteiger charge is 2.44. The Bertz CT molecular complexity index is 1020. The topological polar surface area (TPSA) is 140 Å². The number of amides is 2. The number of thioether (sulfide) groups is 1. The van der Waals surface area contributed by atoms with E-state index in [0.717, 1.165) is 41.4 Å². The van der Waals surface area contributed by atoms with Crippen LogP contribution in [0.2, 0.25) is 0 Å². The first-order valence-electron chi connectivity index (χ1n) is 10.0. The summed E-state index contributed by atoms with van der Waals surface area (Å²) in [6.45, 7) is 2.96. The maximum Gasteiger partial charge on any atom is 0.327 e. The van der Waals surface area contributed by atoms with Gasteiger partial charge in [-0.05, 0) is 61.1 Å². The summed E-state index contributed by atoms with van der Waals surface area (Å²) in [5, 5.41) is 27.7. The van der Waals surface area contributed by atoms with E-state index in [-0.39, 0.29) is 4.24 Å². The quantitative estimate of drug-likeness (QED) is 0.451. The number of anilines is 1. The number of nitrogens with one attached hydrogen (secondary N) is 2. The van der Waals surface area contributed by atoms with Gasteiger partial charge in [0, 0.05) is 11.9 Å². The van der Waals surface area contributed by atoms with Crippen molar-refractivity contribution in [1.29, 1.82) is 4.78 Å². The SMILES string of the molecule is C[C@@H](c1ccc2c(c1NC(=O)N1C=C(S(=N)(N)=O)SC1[C@@](C)(O)CO)CC2)C1CC1. The lowest BCUT2D eigenvalue weighted by molar-refractivity contribution is -0.0200. The number of hydrogen-bond donors (Lipinski definition) is 5. The van der Waals surface area contributed by atoms with Crippen LogP contribution in [0.4, 0.5) is 10.5 Å². The third-order valence-electron chi connectivity index (χ3n) is 6.25. The summed E-state index contributed by atoms with van der Waals surface area (Å²) in [4.78, 5) is 14.5. The van der Waals surface area contributed by atoms with Crippen molar-refractivity contribution in [3.05, 3.63) is 39.3 Å². The number of aliphatic hydroxyl groups excluding tert-OH is 1. The lowest BCUT2D eigenvalue weighted by atomic mass is 9.82. The smallest absolute Gasteiger partial charge is 0.327 e. The maximum absolute atomic E-state index is 13.3. The molecule has 1 aromatic carbocycles. The van der Waals surface area contributed by atoms with Gasteiger partial charge in [-0.25, -0.2) is 18.9 Å². The molecule has 1 heterocycles. The van der Waals surface area contributed by atoms with Crippen LogP contribution in [0.3, 0.4) is 0 Å². The fourth-order valence-corrected chi connectivity index (χ4v) is 6.17. The van der Waals surface area contributed by atoms with E-state index in [9.17, 15) is 19.2 Å². The standard InChI is InChI=1S/C20H28N4O4S2/c1-11(12-3-4-12)14-7-5-13-6-8-15(13)17(14)23-19(26)24-9-16(30(21,22)28)29-18(24)20(2,27)10-25/h5,7,9,11-12,18,25,27H,3-4,6,8,10H2,1-2H3,(H,23,26)(H3,21,22,28)/t11-,18?,20+/m1/s1. The number of fused-ring (bicyclic) bond motifs is 1. The molecule has 0 spiro atoms. The van der Waals surface area contributed by atoms with Crippen molar-refractivity contribution in [2.45, 2.75) is 56.4 Å². The van der Waals surface area contributed by atoms with E-state index in [1.165, 1.54) is 36.4 Å². The number of aliphatic hydroxyl groups is 2. The highest BCUT2D eigenvalue weighted by Crippen LogP contribution is 2.47. The number of carbonyl (C=O) groups excluding carboxylic acids is 1. The molecule has 2 amide bonds. The zero-order chi connectivity index (χ0) is 21.8. The third-order valence-corrected chi connectivity index (χ3v) is 9.28. The van der Waals surface area contributed by atoms with Crippen LogP contribution in [-0.2, 0) is 22.8 Å². The Morgan fingerprint density at radius 2 is 2.17 bits per heavy atom. The summed E-state index contributed by atoms with van der Waals surface area (Å²) in [6, 6.07) is 3.72. The molecule has 30 heavy (non-hydrogen) atoms. The van der Waals surface area contributed by atoms with E-state index in [1.807, 2.05) is 0 Å². The van der Waals surface area contributed by atoms with Crippen LogP contribution >= 0.6 is 11.8 Å². The number of hydrogen-bond acceptors (Lipinski definition) is 6. The zero-order valence-corrected chi connectivity index (χ0v) is 18.7. The Morgan fingerprint density at radius 3 is 2.70 bits per heavy atom. The summed E-state index contributed by atoms with van der Waals surface area (Å²) in [5.41, 5.74) is 2.61. The Kier molecular flexibility index (Phi) is 5.43. The minimum Gasteiger partial charge on any atom is -0.393 e. The molecule has 1 aromatic rings. The van der Waals surface area contributed by atoms with Gasteiger partial charge in [0.2, 0.25) is 0 Å². The fraction of sp³-hybridized carbons (Fsp3) is 0.550. The van der Waals surface area contributed by atoms with Gasteiger partial charge in [-0.3, -0.25) is 4.90 Å². The number of benzene rings is 1. The van der Waals surface area contributed by atoms with Gasteiger partial charge in [0.15, 0.2) is 0 Å². The molecule has 2 aliphatic carbocycles. The minimum absolute atomic E-state index is 0.0102. The molecule has 1 saturated carbocycles. The molecule has 1 fully saturated rings. The molecule has 0 bridgehead atoms. The lowest BCUT2D eigenvalue weighted by Crippen LogP contribution is -2.51. The first kappa shape index (κ1) is 21.6. The number of carbonyl (C=O) groups is 1. The highest BCUT2D eigenvalue weighted by molar-refractivity contribution is 8.18. The Labute approximate surface area is 181 Å². The summed E-state index contributed by atoms with van der Waals surface area (Å²) < 4.78 is 19.7. The molecule has 4 rings (SSSR count). The molecule has 164 valence electrons. The third kappa shape index (κ3) is 3.87. The van der Waals surface area contributed by atoms with Crippen molar-refractivity contribution in [3.63, 3.8) is 0 Å². The van der Waals surface area contributed by atoms with E-state index in [1.54, 1.807) is 0 Å². The van der Waals surface area contributed by atoms with Gasteiger partial charge in [0.05, 0.1) is 6.61 Å². The van der Waals surface area contributed by atoms with Crippen molar-refractivity contribution in [2.24, 2.45) is 11.1 Å². The summed E-state index contributed by atoms with van der Waals surface area (Å²) in [5.74, 6) is 0.957. The van der Waals surface area contributed by atoms with E-state index in [4.69, 9.17) is 9.92 Å². The first-order chi connectivity index (χ1) is 14.0. The normalized spacial score (nSPS) is 25.4. The van der Waals surface area contributed by atoms with Gasteiger partial charge in [-0.1, -0.05) is 30.8 Å². The van der Waals surface area contributed by atoms with Crippen molar-refractivity contribution in [2.75, 3.05) is 11.9 Å². The van der Waals surface area contributed by atoms with Crippen LogP contribution in [0.1, 0.15) is 49.3 Å². The molecule has 1 aliphatic heterocycles. The molecule has 0 aromatic heterocycles. The predicted octanol–water partition coefficient (Wildman–Crippen LogP) is 2.67. The molecule has 0 saturated heterocycles. The zero-order valence-electron chi connectivity index (χ0n) is 17.1. The van der Waals surface area contributed by atoms with Crippen molar-refractivity contribution in [1.82, 2.24) is 4.90 Å². The largest absolute Gasteiger partial charge is 0.393 e. The summed E-state index contributed by atoms with van der Waals surface area (Å²) in [6.07, 6.45) is 5.51. The van der Waals surface area contributed by atoms with E-state index < -0.39 is 33.5 Å². The van der Waals surface area contributed by atoms with Crippen LogP contribution in [0.5, 0.6) is 0 Å². The number of nitrogens with zero attached hydrogens (tertiary/aromatic N) is 1. The van der Waals surface area contributed by atoms with Crippen LogP contribution < -0.4 is 10.5 Å². The van der Waals surface area contributed by atoms with E-state index in [0.29, 0.717) is 11.8 Å². The minimum atomic E-state index is -3.56. The Balaban J connectivity index is 1.67. The Morgan fingerprint density at radius 1 is 1.47 bits per heavy atom. The number of aryl methyl sites for hydroxylation is 1. The van der Waals surface area contributed by atoms with Crippen molar-refractivity contribution >= 4 is 33.4 Å². The second kappa shape index (κ2) is 7.52. The van der Waals surface area contributed by atoms with Crippen LogP contribution in [0, 0.1) is 10.7 Å². The van der Waals surface area contributed by atoms with E-state index >= 15 is 0 Å². The molecule has 3 aliphatic rings. The van der Waals surface area contributed by atoms with Gasteiger partial charge in [0.25, 0.3) is 0 Å². The first-order valence-corrected chi connectivity index (χ1v) is 12.5. The van der Waals surface area contributed by atoms with Crippen LogP contribution in [-0.4, -0.2) is 42.9 Å². The van der Waals surface area contributed by atoms with Gasteiger partial charge in [-0.15, -0.1) is 0 Å². The van der Waals surface area contributed by atoms with Crippen molar-refractivity contribution < 1.29 is 19.2 Å². The molecule has 8 nitrogen and oxygen atoms in total. The summed E-state index contributed by atoms with van der Waals surface area (Å²) >= 11 is 0.871. The monoisotopic (exact) mass is 452 g/mol. The fourth-order valence-electron chi connectivity index (χ4n) is 4.06. The molecule has 4 atom stereocenters. The van der Waals surface area contributed by atoms with Crippen molar-refractivity contribution in [3.8, 4) is 0 Å². The van der Waals surface area contributed by atoms with Gasteiger partial charge < -0.3 is 15.5 Å². The van der Waals surface area contributed by atoms with Gasteiger partial charge >= 0.3 is 6.03 Å². The van der Waals surface area contributed by atoms with Crippen LogP contribution in [0.15, 0.2) is 22.6 Å². The lowest BCUT2D eigenvalue weighted by Gasteiger charge is -2.34. The number of nitrogens with two attached hydrogens (primary N) is 1. The second-order valence-corrected chi connectivity index (χ2v) is 11.7. The second-order valence-electron chi connectivity index (χ2n) is 8.67. The number of urea groups is 1. The predicted molar refractivity (Wildman–Crippen MR) is 118 cm³/mol. The molecule has 0 radical (unpaired) electrons. The van der Waals surface area contributed by atoms with Crippen LogP contribution in [0.25, 0.3) is 0 Å². The molecule has 2 unspecified atom stereocenters. The summed E-state index contributed by atoms with van der Waals surface area (Å²) in [7, 11) is -3.56. The molecule has 6 N–H and O–H groups in total. The van der Waals surface area contributed by atoms with E-state index in [2.05, 4.69) is 24.4 Å². The highest BCUT2D eigenvalue weighted by atomic mass is 32.3. The number of rotatable bonds is 6.